The van der Waals surface area contributed by atoms with Crippen LogP contribution in [0.1, 0.15) is 29.8 Å². The molecule has 1 heterocycles. The zero-order valence-corrected chi connectivity index (χ0v) is 11.8. The van der Waals surface area contributed by atoms with Crippen molar-refractivity contribution in [1.29, 1.82) is 0 Å². The van der Waals surface area contributed by atoms with E-state index in [0.717, 1.165) is 29.8 Å². The summed E-state index contributed by atoms with van der Waals surface area (Å²) >= 11 is 5.52. The van der Waals surface area contributed by atoms with Gasteiger partial charge in [-0.15, -0.1) is 0 Å². The largest absolute Gasteiger partial charge is 0.324 e. The van der Waals surface area contributed by atoms with Crippen LogP contribution in [0.2, 0.25) is 5.02 Å². The van der Waals surface area contributed by atoms with Crippen LogP contribution in [0.3, 0.4) is 0 Å². The molecular formula is C15H15ClF2N2. The standard InChI is InChI=1S/C15H15ClF2N2/c1-2-9-3-4-10(20-8-9)5-15(19)11-6-14(18)12(16)7-13(11)17/h3-4,6-8,15H,2,5,19H2,1H3. The molecule has 0 aliphatic carbocycles. The minimum atomic E-state index is -0.673. The molecule has 1 atom stereocenters. The van der Waals surface area contributed by atoms with Crippen LogP contribution in [0.15, 0.2) is 30.5 Å². The molecule has 0 fully saturated rings. The molecule has 0 aliphatic rings. The lowest BCUT2D eigenvalue weighted by Gasteiger charge is -2.13. The van der Waals surface area contributed by atoms with E-state index in [1.165, 1.54) is 0 Å². The molecule has 5 heteroatoms. The molecule has 0 saturated carbocycles. The third kappa shape index (κ3) is 3.32. The number of aromatic nitrogens is 1. The van der Waals surface area contributed by atoms with E-state index < -0.39 is 17.7 Å². The second kappa shape index (κ2) is 6.29. The Bertz CT molecular complexity index is 600. The third-order valence-electron chi connectivity index (χ3n) is 3.16. The third-order valence-corrected chi connectivity index (χ3v) is 3.45. The van der Waals surface area contributed by atoms with Crippen molar-refractivity contribution >= 4 is 11.6 Å². The van der Waals surface area contributed by atoms with Crippen LogP contribution in [-0.4, -0.2) is 4.98 Å². The SMILES string of the molecule is CCc1ccc(CC(N)c2cc(F)c(Cl)cc2F)nc1. The van der Waals surface area contributed by atoms with E-state index in [2.05, 4.69) is 4.98 Å². The second-order valence-electron chi connectivity index (χ2n) is 4.61. The van der Waals surface area contributed by atoms with Gasteiger partial charge >= 0.3 is 0 Å². The first-order valence-electron chi connectivity index (χ1n) is 6.35. The highest BCUT2D eigenvalue weighted by molar-refractivity contribution is 6.30. The quantitative estimate of drug-likeness (QED) is 0.871. The molecule has 0 aliphatic heterocycles. The highest BCUT2D eigenvalue weighted by Crippen LogP contribution is 2.24. The Labute approximate surface area is 121 Å². The van der Waals surface area contributed by atoms with Gasteiger partial charge in [0, 0.05) is 29.9 Å². The van der Waals surface area contributed by atoms with Crippen LogP contribution >= 0.6 is 11.6 Å². The molecule has 0 amide bonds. The monoisotopic (exact) mass is 296 g/mol. The van der Waals surface area contributed by atoms with Gasteiger partial charge in [0.2, 0.25) is 0 Å². The van der Waals surface area contributed by atoms with Crippen LogP contribution in [0.5, 0.6) is 0 Å². The van der Waals surface area contributed by atoms with Gasteiger partial charge in [0.15, 0.2) is 0 Å². The van der Waals surface area contributed by atoms with Crippen LogP contribution in [0.4, 0.5) is 8.78 Å². The predicted octanol–water partition coefficient (Wildman–Crippen LogP) is 3.82. The maximum atomic E-state index is 13.8. The number of aryl methyl sites for hydroxylation is 1. The average molecular weight is 297 g/mol. The van der Waals surface area contributed by atoms with Gasteiger partial charge in [-0.2, -0.15) is 0 Å². The van der Waals surface area contributed by atoms with E-state index in [1.54, 1.807) is 6.20 Å². The lowest BCUT2D eigenvalue weighted by atomic mass is 10.0. The minimum Gasteiger partial charge on any atom is -0.324 e. The smallest absolute Gasteiger partial charge is 0.142 e. The zero-order valence-electron chi connectivity index (χ0n) is 11.0. The van der Waals surface area contributed by atoms with Crippen molar-refractivity contribution in [2.45, 2.75) is 25.8 Å². The number of halogens is 3. The van der Waals surface area contributed by atoms with Crippen LogP contribution < -0.4 is 5.73 Å². The lowest BCUT2D eigenvalue weighted by Crippen LogP contribution is -2.16. The van der Waals surface area contributed by atoms with E-state index in [0.29, 0.717) is 6.42 Å². The predicted molar refractivity (Wildman–Crippen MR) is 75.6 cm³/mol. The second-order valence-corrected chi connectivity index (χ2v) is 5.02. The molecule has 1 aromatic carbocycles. The van der Waals surface area contributed by atoms with E-state index in [9.17, 15) is 8.78 Å². The van der Waals surface area contributed by atoms with E-state index in [4.69, 9.17) is 17.3 Å². The maximum absolute atomic E-state index is 13.8. The summed E-state index contributed by atoms with van der Waals surface area (Å²) in [5.41, 5.74) is 7.89. The lowest BCUT2D eigenvalue weighted by molar-refractivity contribution is 0.559. The highest BCUT2D eigenvalue weighted by atomic mass is 35.5. The summed E-state index contributed by atoms with van der Waals surface area (Å²) in [6, 6.07) is 5.13. The van der Waals surface area contributed by atoms with Gasteiger partial charge in [0.1, 0.15) is 11.6 Å². The Hall–Kier alpha value is -1.52. The average Bonchev–Trinajstić information content (AvgIpc) is 2.43. The van der Waals surface area contributed by atoms with Gasteiger partial charge in [-0.05, 0) is 30.2 Å². The number of rotatable bonds is 4. The summed E-state index contributed by atoms with van der Waals surface area (Å²) in [6.45, 7) is 2.04. The van der Waals surface area contributed by atoms with Crippen molar-refractivity contribution in [1.82, 2.24) is 4.98 Å². The first kappa shape index (κ1) is 14.9. The van der Waals surface area contributed by atoms with Gasteiger partial charge in [0.05, 0.1) is 5.02 Å². The van der Waals surface area contributed by atoms with Crippen molar-refractivity contribution in [3.05, 3.63) is 63.9 Å². The van der Waals surface area contributed by atoms with Crippen molar-refractivity contribution < 1.29 is 8.78 Å². The van der Waals surface area contributed by atoms with Crippen molar-refractivity contribution in [3.8, 4) is 0 Å². The van der Waals surface area contributed by atoms with Crippen LogP contribution in [0.25, 0.3) is 0 Å². The first-order valence-corrected chi connectivity index (χ1v) is 6.73. The summed E-state index contributed by atoms with van der Waals surface area (Å²) in [5, 5.41) is -0.246. The number of benzene rings is 1. The van der Waals surface area contributed by atoms with Gasteiger partial charge in [-0.25, -0.2) is 8.78 Å². The van der Waals surface area contributed by atoms with E-state index in [1.807, 2.05) is 19.1 Å². The molecule has 2 nitrogen and oxygen atoms in total. The fourth-order valence-corrected chi connectivity index (χ4v) is 2.09. The maximum Gasteiger partial charge on any atom is 0.142 e. The van der Waals surface area contributed by atoms with Crippen molar-refractivity contribution in [3.63, 3.8) is 0 Å². The molecule has 1 aromatic heterocycles. The number of pyridine rings is 1. The summed E-state index contributed by atoms with van der Waals surface area (Å²) < 4.78 is 27.1. The molecule has 0 bridgehead atoms. The molecule has 2 N–H and O–H groups in total. The summed E-state index contributed by atoms with van der Waals surface area (Å²) in [4.78, 5) is 4.26. The number of nitrogens with zero attached hydrogens (tertiary/aromatic N) is 1. The van der Waals surface area contributed by atoms with Gasteiger partial charge < -0.3 is 5.73 Å². The topological polar surface area (TPSA) is 38.9 Å². The molecule has 0 radical (unpaired) electrons. The summed E-state index contributed by atoms with van der Waals surface area (Å²) in [6.07, 6.45) is 3.00. The molecule has 0 spiro atoms. The Morgan fingerprint density at radius 1 is 1.25 bits per heavy atom. The van der Waals surface area contributed by atoms with Crippen molar-refractivity contribution in [2.75, 3.05) is 0 Å². The Kier molecular flexibility index (Phi) is 4.68. The molecule has 106 valence electrons. The van der Waals surface area contributed by atoms with Gasteiger partial charge in [-0.1, -0.05) is 24.6 Å². The Morgan fingerprint density at radius 2 is 2.00 bits per heavy atom. The van der Waals surface area contributed by atoms with Crippen LogP contribution in [0, 0.1) is 11.6 Å². The molecule has 0 saturated heterocycles. The minimum absolute atomic E-state index is 0.105. The Morgan fingerprint density at radius 3 is 2.60 bits per heavy atom. The number of hydrogen-bond donors (Lipinski definition) is 1. The fraction of sp³-hybridized carbons (Fsp3) is 0.267. The van der Waals surface area contributed by atoms with Gasteiger partial charge in [0.25, 0.3) is 0 Å². The molecular weight excluding hydrogens is 282 g/mol. The number of nitrogens with two attached hydrogens (primary N) is 1. The van der Waals surface area contributed by atoms with Crippen molar-refractivity contribution in [2.24, 2.45) is 5.73 Å². The number of hydrogen-bond acceptors (Lipinski definition) is 2. The molecule has 1 unspecified atom stereocenters. The fourth-order valence-electron chi connectivity index (χ4n) is 1.94. The first-order chi connectivity index (χ1) is 9.51. The summed E-state index contributed by atoms with van der Waals surface area (Å²) in [5.74, 6) is -1.28. The summed E-state index contributed by atoms with van der Waals surface area (Å²) in [7, 11) is 0. The van der Waals surface area contributed by atoms with Gasteiger partial charge in [-0.3, -0.25) is 4.98 Å². The van der Waals surface area contributed by atoms with E-state index in [-0.39, 0.29) is 10.6 Å². The van der Waals surface area contributed by atoms with Crippen LogP contribution in [-0.2, 0) is 12.8 Å². The molecule has 20 heavy (non-hydrogen) atoms. The highest BCUT2D eigenvalue weighted by Gasteiger charge is 2.16. The molecule has 2 rings (SSSR count). The Balaban J connectivity index is 2.18. The zero-order chi connectivity index (χ0) is 14.7. The van der Waals surface area contributed by atoms with E-state index >= 15 is 0 Å². The molecule has 2 aromatic rings. The normalized spacial score (nSPS) is 12.4.